The molecule has 1 unspecified atom stereocenters. The lowest BCUT2D eigenvalue weighted by molar-refractivity contribution is -0.142. The van der Waals surface area contributed by atoms with E-state index in [1.807, 2.05) is 12.1 Å². The highest BCUT2D eigenvalue weighted by atomic mass is 32.2. The van der Waals surface area contributed by atoms with Gasteiger partial charge in [-0.15, -0.1) is 0 Å². The van der Waals surface area contributed by atoms with Crippen molar-refractivity contribution in [1.29, 1.82) is 0 Å². The van der Waals surface area contributed by atoms with Gasteiger partial charge in [-0.05, 0) is 43.4 Å². The molecule has 0 radical (unpaired) electrons. The van der Waals surface area contributed by atoms with E-state index in [1.54, 1.807) is 19.2 Å². The van der Waals surface area contributed by atoms with Crippen LogP contribution in [-0.4, -0.2) is 66.0 Å². The third-order valence-electron chi connectivity index (χ3n) is 4.99. The number of carboxylic acids is 1. The highest BCUT2D eigenvalue weighted by molar-refractivity contribution is 8.13. The zero-order valence-corrected chi connectivity index (χ0v) is 20.9. The molecule has 0 fully saturated rings. The lowest BCUT2D eigenvalue weighted by Crippen LogP contribution is -2.44. The van der Waals surface area contributed by atoms with Gasteiger partial charge in [0.15, 0.2) is 11.1 Å². The molecule has 35 heavy (non-hydrogen) atoms. The number of amides is 2. The van der Waals surface area contributed by atoms with E-state index in [-0.39, 0.29) is 42.1 Å². The number of rotatable bonds is 16. The summed E-state index contributed by atoms with van der Waals surface area (Å²) in [5, 5.41) is 14.7. The maximum atomic E-state index is 12.8. The minimum absolute atomic E-state index is 0.0849. The Morgan fingerprint density at radius 2 is 1.80 bits per heavy atom. The summed E-state index contributed by atoms with van der Waals surface area (Å²) in [6.07, 6.45) is 1.63. The lowest BCUT2D eigenvalue weighted by Gasteiger charge is -2.20. The first kappa shape index (κ1) is 29.8. The number of guanidine groups is 1. The van der Waals surface area contributed by atoms with Crippen molar-refractivity contribution in [2.24, 2.45) is 22.4 Å². The van der Waals surface area contributed by atoms with Crippen LogP contribution >= 0.6 is 11.8 Å². The zero-order valence-electron chi connectivity index (χ0n) is 20.1. The Bertz CT molecular complexity index is 874. The first-order valence-corrected chi connectivity index (χ1v) is 12.2. The van der Waals surface area contributed by atoms with Crippen LogP contribution in [0.5, 0.6) is 5.75 Å². The van der Waals surface area contributed by atoms with E-state index < -0.39 is 23.8 Å². The molecular formula is C23H35N5O6S. The second-order valence-corrected chi connectivity index (χ2v) is 9.06. The van der Waals surface area contributed by atoms with Crippen LogP contribution in [0.4, 0.5) is 0 Å². The minimum Gasteiger partial charge on any atom is -0.497 e. The third kappa shape index (κ3) is 13.3. The second-order valence-electron chi connectivity index (χ2n) is 7.86. The van der Waals surface area contributed by atoms with Crippen LogP contribution < -0.4 is 26.8 Å². The number of benzene rings is 1. The van der Waals surface area contributed by atoms with Crippen molar-refractivity contribution in [1.82, 2.24) is 10.6 Å². The maximum absolute atomic E-state index is 12.8. The Kier molecular flexibility index (Phi) is 13.9. The van der Waals surface area contributed by atoms with E-state index in [9.17, 15) is 24.3 Å². The van der Waals surface area contributed by atoms with Crippen molar-refractivity contribution in [3.05, 3.63) is 29.8 Å². The fourth-order valence-electron chi connectivity index (χ4n) is 3.13. The van der Waals surface area contributed by atoms with Gasteiger partial charge < -0.3 is 31.9 Å². The van der Waals surface area contributed by atoms with Crippen molar-refractivity contribution in [3.8, 4) is 5.75 Å². The summed E-state index contributed by atoms with van der Waals surface area (Å²) in [4.78, 5) is 51.7. The number of nitrogens with zero attached hydrogens (tertiary/aromatic N) is 1. The van der Waals surface area contributed by atoms with E-state index in [1.165, 1.54) is 6.92 Å². The molecule has 12 heteroatoms. The molecular weight excluding hydrogens is 474 g/mol. The molecule has 194 valence electrons. The van der Waals surface area contributed by atoms with Crippen LogP contribution in [-0.2, 0) is 25.6 Å². The molecule has 0 saturated heterocycles. The van der Waals surface area contributed by atoms with E-state index in [2.05, 4.69) is 15.6 Å². The monoisotopic (exact) mass is 509 g/mol. The Morgan fingerprint density at radius 3 is 2.37 bits per heavy atom. The first-order valence-electron chi connectivity index (χ1n) is 11.2. The highest BCUT2D eigenvalue weighted by Crippen LogP contribution is 2.16. The van der Waals surface area contributed by atoms with Gasteiger partial charge in [0.25, 0.3) is 0 Å². The number of carboxylic acid groups (broad SMARTS) is 1. The van der Waals surface area contributed by atoms with Gasteiger partial charge in [0.1, 0.15) is 11.8 Å². The number of ether oxygens (including phenoxy) is 1. The molecule has 0 aliphatic heterocycles. The Labute approximate surface area is 209 Å². The molecule has 0 aromatic heterocycles. The number of carbonyl (C=O) groups is 4. The molecule has 0 aliphatic rings. The molecule has 11 nitrogen and oxygen atoms in total. The molecule has 1 rings (SSSR count). The fraction of sp³-hybridized carbons (Fsp3) is 0.522. The SMILES string of the molecule is COc1ccc(CC(=O)NCCCC(CSC(C)=O)C(=O)N[C@@H](CCCN=C(N)N)C(=O)O)cc1. The molecule has 7 N–H and O–H groups in total. The molecule has 2 atom stereocenters. The van der Waals surface area contributed by atoms with Gasteiger partial charge >= 0.3 is 5.97 Å². The highest BCUT2D eigenvalue weighted by Gasteiger charge is 2.25. The van der Waals surface area contributed by atoms with Crippen molar-refractivity contribution in [2.45, 2.75) is 45.1 Å². The molecule has 0 aliphatic carbocycles. The molecule has 0 saturated carbocycles. The van der Waals surface area contributed by atoms with E-state index in [0.717, 1.165) is 17.3 Å². The average Bonchev–Trinajstić information content (AvgIpc) is 2.80. The van der Waals surface area contributed by atoms with Crippen molar-refractivity contribution in [3.63, 3.8) is 0 Å². The molecule has 2 amide bonds. The Morgan fingerprint density at radius 1 is 1.11 bits per heavy atom. The molecule has 0 bridgehead atoms. The van der Waals surface area contributed by atoms with Crippen LogP contribution in [0.15, 0.2) is 29.3 Å². The summed E-state index contributed by atoms with van der Waals surface area (Å²) in [6.45, 7) is 2.01. The summed E-state index contributed by atoms with van der Waals surface area (Å²) in [7, 11) is 1.57. The zero-order chi connectivity index (χ0) is 26.2. The van der Waals surface area contributed by atoms with Gasteiger partial charge in [0, 0.05) is 31.7 Å². The number of hydrogen-bond acceptors (Lipinski definition) is 7. The van der Waals surface area contributed by atoms with E-state index in [4.69, 9.17) is 16.2 Å². The van der Waals surface area contributed by atoms with Crippen LogP contribution in [0.1, 0.15) is 38.2 Å². The largest absolute Gasteiger partial charge is 0.497 e. The number of methoxy groups -OCH3 is 1. The number of nitrogens with two attached hydrogens (primary N) is 2. The van der Waals surface area contributed by atoms with Crippen molar-refractivity contribution < 1.29 is 29.0 Å². The lowest BCUT2D eigenvalue weighted by atomic mass is 10.0. The summed E-state index contributed by atoms with van der Waals surface area (Å²) < 4.78 is 5.10. The van der Waals surface area contributed by atoms with Gasteiger partial charge in [-0.1, -0.05) is 23.9 Å². The Balaban J connectivity index is 2.56. The van der Waals surface area contributed by atoms with Gasteiger partial charge in [-0.25, -0.2) is 4.79 Å². The summed E-state index contributed by atoms with van der Waals surface area (Å²) in [6, 6.07) is 6.10. The van der Waals surface area contributed by atoms with Gasteiger partial charge in [0.2, 0.25) is 11.8 Å². The quantitative estimate of drug-likeness (QED) is 0.121. The van der Waals surface area contributed by atoms with Gasteiger partial charge in [-0.3, -0.25) is 19.4 Å². The smallest absolute Gasteiger partial charge is 0.326 e. The van der Waals surface area contributed by atoms with Crippen molar-refractivity contribution >= 4 is 40.6 Å². The van der Waals surface area contributed by atoms with Crippen LogP contribution in [0.3, 0.4) is 0 Å². The normalized spacial score (nSPS) is 12.2. The van der Waals surface area contributed by atoms with E-state index >= 15 is 0 Å². The molecule has 1 aromatic rings. The summed E-state index contributed by atoms with van der Waals surface area (Å²) in [5.74, 6) is -1.49. The Hall–Kier alpha value is -3.28. The maximum Gasteiger partial charge on any atom is 0.326 e. The number of thioether (sulfide) groups is 1. The topological polar surface area (TPSA) is 186 Å². The van der Waals surface area contributed by atoms with Crippen LogP contribution in [0.25, 0.3) is 0 Å². The van der Waals surface area contributed by atoms with Crippen LogP contribution in [0, 0.1) is 5.92 Å². The third-order valence-corrected chi connectivity index (χ3v) is 5.97. The number of hydrogen-bond donors (Lipinski definition) is 5. The standard InChI is InChI=1S/C23H35N5O6S/c1-15(29)35-14-17(21(31)28-19(22(32)33)6-4-12-27-23(24)25)5-3-11-26-20(30)13-16-7-9-18(34-2)10-8-16/h7-10,17,19H,3-6,11-14H2,1-2H3,(H,26,30)(H,28,31)(H,32,33)(H4,24,25,27)/t17?,19-/m0/s1. The number of aliphatic imine (C=N–C) groups is 1. The number of nitrogens with one attached hydrogen (secondary N) is 2. The predicted molar refractivity (Wildman–Crippen MR) is 135 cm³/mol. The average molecular weight is 510 g/mol. The summed E-state index contributed by atoms with van der Waals surface area (Å²) >= 11 is 1.01. The van der Waals surface area contributed by atoms with Gasteiger partial charge in [-0.2, -0.15) is 0 Å². The second kappa shape index (κ2) is 16.4. The van der Waals surface area contributed by atoms with Crippen LogP contribution in [0.2, 0.25) is 0 Å². The molecule has 1 aromatic carbocycles. The van der Waals surface area contributed by atoms with Gasteiger partial charge in [0.05, 0.1) is 13.5 Å². The molecule has 0 spiro atoms. The number of carbonyl (C=O) groups excluding carboxylic acids is 3. The van der Waals surface area contributed by atoms with E-state index in [0.29, 0.717) is 31.6 Å². The summed E-state index contributed by atoms with van der Waals surface area (Å²) in [5.41, 5.74) is 11.4. The minimum atomic E-state index is -1.16. The predicted octanol–water partition coefficient (Wildman–Crippen LogP) is 0.653. The van der Waals surface area contributed by atoms with Crippen molar-refractivity contribution in [2.75, 3.05) is 26.0 Å². The number of aliphatic carboxylic acids is 1. The first-order chi connectivity index (χ1) is 16.6. The fourth-order valence-corrected chi connectivity index (χ4v) is 3.88. The molecule has 0 heterocycles.